The van der Waals surface area contributed by atoms with Crippen LogP contribution in [0.1, 0.15) is 17.2 Å². The third kappa shape index (κ3) is 1.55. The number of hydrogen-bond acceptors (Lipinski definition) is 4. The van der Waals surface area contributed by atoms with E-state index in [9.17, 15) is 9.50 Å². The quantitative estimate of drug-likeness (QED) is 0.759. The van der Waals surface area contributed by atoms with E-state index >= 15 is 0 Å². The van der Waals surface area contributed by atoms with Gasteiger partial charge in [-0.05, 0) is 24.1 Å². The van der Waals surface area contributed by atoms with Gasteiger partial charge in [0.05, 0.1) is 6.26 Å². The van der Waals surface area contributed by atoms with Gasteiger partial charge in [-0.15, -0.1) is 0 Å². The van der Waals surface area contributed by atoms with Crippen LogP contribution in [0.4, 0.5) is 4.39 Å². The van der Waals surface area contributed by atoms with Gasteiger partial charge in [0.25, 0.3) is 0 Å². The van der Waals surface area contributed by atoms with E-state index in [4.69, 9.17) is 4.42 Å². The van der Waals surface area contributed by atoms with Gasteiger partial charge in [-0.1, -0.05) is 6.07 Å². The smallest absolute Gasteiger partial charge is 0.170 e. The van der Waals surface area contributed by atoms with Crippen molar-refractivity contribution in [3.8, 4) is 0 Å². The second kappa shape index (κ2) is 4.03. The fourth-order valence-corrected chi connectivity index (χ4v) is 2.26. The van der Waals surface area contributed by atoms with Gasteiger partial charge in [0.15, 0.2) is 11.4 Å². The van der Waals surface area contributed by atoms with E-state index in [1.54, 1.807) is 18.5 Å². The third-order valence-corrected chi connectivity index (χ3v) is 3.16. The SMILES string of the molecule is Cc1coc2c(F)ccc(C(O)C3NC=CN3)c12. The number of furan rings is 1. The summed E-state index contributed by atoms with van der Waals surface area (Å²) in [6.45, 7) is 1.83. The van der Waals surface area contributed by atoms with E-state index in [2.05, 4.69) is 10.6 Å². The Kier molecular flexibility index (Phi) is 2.48. The highest BCUT2D eigenvalue weighted by atomic mass is 19.1. The molecule has 0 amide bonds. The summed E-state index contributed by atoms with van der Waals surface area (Å²) in [6, 6.07) is 2.90. The molecule has 3 N–H and O–H groups in total. The standard InChI is InChI=1S/C13H13FN2O2/c1-7-6-18-12-9(14)3-2-8(10(7)12)11(17)13-15-4-5-16-13/h2-6,11,13,15-17H,1H3. The lowest BCUT2D eigenvalue weighted by molar-refractivity contribution is 0.131. The second-order valence-corrected chi connectivity index (χ2v) is 4.35. The molecule has 0 aliphatic carbocycles. The Labute approximate surface area is 103 Å². The minimum atomic E-state index is -0.792. The first-order valence-corrected chi connectivity index (χ1v) is 5.70. The van der Waals surface area contributed by atoms with Crippen molar-refractivity contribution in [3.05, 3.63) is 47.7 Å². The Morgan fingerprint density at radius 1 is 1.33 bits per heavy atom. The molecule has 1 aliphatic heterocycles. The molecule has 0 bridgehead atoms. The summed E-state index contributed by atoms with van der Waals surface area (Å²) in [5, 5.41) is 16.9. The van der Waals surface area contributed by atoms with Gasteiger partial charge in [0.2, 0.25) is 0 Å². The van der Waals surface area contributed by atoms with Crippen LogP contribution in [0.2, 0.25) is 0 Å². The monoisotopic (exact) mass is 248 g/mol. The molecule has 1 atom stereocenters. The molecule has 2 aromatic rings. The zero-order valence-electron chi connectivity index (χ0n) is 9.77. The molecule has 3 rings (SSSR count). The molecular weight excluding hydrogens is 235 g/mol. The lowest BCUT2D eigenvalue weighted by atomic mass is 10.00. The average Bonchev–Trinajstić information content (AvgIpc) is 3.00. The van der Waals surface area contributed by atoms with E-state index in [1.807, 2.05) is 6.92 Å². The minimum absolute atomic E-state index is 0.190. The molecular formula is C13H13FN2O2. The molecule has 18 heavy (non-hydrogen) atoms. The van der Waals surface area contributed by atoms with Crippen molar-refractivity contribution in [2.24, 2.45) is 0 Å². The van der Waals surface area contributed by atoms with Gasteiger partial charge in [0, 0.05) is 17.8 Å². The Balaban J connectivity index is 2.11. The highest BCUT2D eigenvalue weighted by Gasteiger charge is 2.25. The van der Waals surface area contributed by atoms with Crippen molar-refractivity contribution in [1.29, 1.82) is 0 Å². The van der Waals surface area contributed by atoms with Crippen LogP contribution in [0.5, 0.6) is 0 Å². The highest BCUT2D eigenvalue weighted by Crippen LogP contribution is 2.31. The number of benzene rings is 1. The molecule has 1 aromatic carbocycles. The summed E-state index contributed by atoms with van der Waals surface area (Å²) >= 11 is 0. The largest absolute Gasteiger partial charge is 0.461 e. The van der Waals surface area contributed by atoms with Crippen molar-refractivity contribution >= 4 is 11.0 Å². The van der Waals surface area contributed by atoms with Crippen LogP contribution >= 0.6 is 0 Å². The number of nitrogens with one attached hydrogen (secondary N) is 2. The Hall–Kier alpha value is -2.01. The predicted molar refractivity (Wildman–Crippen MR) is 65.1 cm³/mol. The van der Waals surface area contributed by atoms with Crippen molar-refractivity contribution in [2.75, 3.05) is 0 Å². The van der Waals surface area contributed by atoms with Crippen LogP contribution in [0.15, 0.2) is 35.2 Å². The molecule has 0 spiro atoms. The van der Waals surface area contributed by atoms with E-state index in [1.165, 1.54) is 12.3 Å². The highest BCUT2D eigenvalue weighted by molar-refractivity contribution is 5.85. The first-order chi connectivity index (χ1) is 8.68. The topological polar surface area (TPSA) is 57.4 Å². The minimum Gasteiger partial charge on any atom is -0.461 e. The molecule has 0 fully saturated rings. The van der Waals surface area contributed by atoms with E-state index in [-0.39, 0.29) is 11.7 Å². The number of hydrogen-bond donors (Lipinski definition) is 3. The van der Waals surface area contributed by atoms with Crippen molar-refractivity contribution < 1.29 is 13.9 Å². The van der Waals surface area contributed by atoms with Crippen LogP contribution in [0, 0.1) is 12.7 Å². The van der Waals surface area contributed by atoms with Crippen LogP contribution in [-0.2, 0) is 0 Å². The molecule has 1 aliphatic rings. The fourth-order valence-electron chi connectivity index (χ4n) is 2.26. The lowest BCUT2D eigenvalue weighted by Gasteiger charge is -2.20. The summed E-state index contributed by atoms with van der Waals surface area (Å²) in [7, 11) is 0. The number of aryl methyl sites for hydroxylation is 1. The number of fused-ring (bicyclic) bond motifs is 1. The average molecular weight is 248 g/mol. The normalized spacial score (nSPS) is 16.8. The molecule has 5 heteroatoms. The van der Waals surface area contributed by atoms with Crippen LogP contribution < -0.4 is 10.6 Å². The van der Waals surface area contributed by atoms with Gasteiger partial charge in [-0.2, -0.15) is 0 Å². The van der Waals surface area contributed by atoms with E-state index in [0.717, 1.165) is 5.56 Å². The van der Waals surface area contributed by atoms with Crippen molar-refractivity contribution in [1.82, 2.24) is 10.6 Å². The van der Waals surface area contributed by atoms with E-state index in [0.29, 0.717) is 10.9 Å². The predicted octanol–water partition coefficient (Wildman–Crippen LogP) is 1.90. The van der Waals surface area contributed by atoms with E-state index < -0.39 is 11.9 Å². The van der Waals surface area contributed by atoms with Crippen LogP contribution in [0.25, 0.3) is 11.0 Å². The lowest BCUT2D eigenvalue weighted by Crippen LogP contribution is -2.37. The first-order valence-electron chi connectivity index (χ1n) is 5.70. The second-order valence-electron chi connectivity index (χ2n) is 4.35. The number of halogens is 1. The van der Waals surface area contributed by atoms with Gasteiger partial charge >= 0.3 is 0 Å². The molecule has 1 aromatic heterocycles. The molecule has 2 heterocycles. The maximum Gasteiger partial charge on any atom is 0.170 e. The molecule has 94 valence electrons. The summed E-state index contributed by atoms with van der Waals surface area (Å²) < 4.78 is 18.8. The molecule has 0 radical (unpaired) electrons. The Morgan fingerprint density at radius 2 is 2.06 bits per heavy atom. The third-order valence-electron chi connectivity index (χ3n) is 3.16. The summed E-state index contributed by atoms with van der Waals surface area (Å²) in [5.41, 5.74) is 1.64. The maximum absolute atomic E-state index is 13.6. The summed E-state index contributed by atoms with van der Waals surface area (Å²) in [6.07, 6.45) is 3.83. The summed E-state index contributed by atoms with van der Waals surface area (Å²) in [5.74, 6) is -0.417. The fraction of sp³-hybridized carbons (Fsp3) is 0.231. The van der Waals surface area contributed by atoms with Gasteiger partial charge in [0.1, 0.15) is 12.3 Å². The summed E-state index contributed by atoms with van der Waals surface area (Å²) in [4.78, 5) is 0. The number of aliphatic hydroxyl groups is 1. The van der Waals surface area contributed by atoms with Crippen LogP contribution in [0.3, 0.4) is 0 Å². The van der Waals surface area contributed by atoms with Crippen molar-refractivity contribution in [2.45, 2.75) is 19.2 Å². The molecule has 4 nitrogen and oxygen atoms in total. The van der Waals surface area contributed by atoms with Crippen molar-refractivity contribution in [3.63, 3.8) is 0 Å². The van der Waals surface area contributed by atoms with Crippen LogP contribution in [-0.4, -0.2) is 11.3 Å². The zero-order valence-corrected chi connectivity index (χ0v) is 9.77. The Morgan fingerprint density at radius 3 is 2.78 bits per heavy atom. The number of aliphatic hydroxyl groups excluding tert-OH is 1. The maximum atomic E-state index is 13.6. The number of rotatable bonds is 2. The van der Waals surface area contributed by atoms with Gasteiger partial charge in [-0.3, -0.25) is 0 Å². The molecule has 1 unspecified atom stereocenters. The first kappa shape index (κ1) is 11.1. The molecule has 0 saturated heterocycles. The van der Waals surface area contributed by atoms with Gasteiger partial charge in [-0.25, -0.2) is 4.39 Å². The Bertz CT molecular complexity index is 613. The zero-order chi connectivity index (χ0) is 12.7. The molecule has 0 saturated carbocycles. The van der Waals surface area contributed by atoms with Gasteiger partial charge < -0.3 is 20.2 Å².